The lowest BCUT2D eigenvalue weighted by atomic mass is 10.0. The lowest BCUT2D eigenvalue weighted by Gasteiger charge is -2.13. The van der Waals surface area contributed by atoms with Crippen LogP contribution in [0.25, 0.3) is 0 Å². The average Bonchev–Trinajstić information content (AvgIpc) is 2.62. The Bertz CT molecular complexity index is 279. The predicted octanol–water partition coefficient (Wildman–Crippen LogP) is 2.94. The zero-order valence-electron chi connectivity index (χ0n) is 9.13. The van der Waals surface area contributed by atoms with Crippen LogP contribution in [-0.2, 0) is 12.4 Å². The molecule has 0 bridgehead atoms. The van der Waals surface area contributed by atoms with E-state index in [0.29, 0.717) is 11.8 Å². The van der Waals surface area contributed by atoms with Gasteiger partial charge in [-0.15, -0.1) is 21.8 Å². The largest absolute Gasteiger partial charge is 0.314 e. The van der Waals surface area contributed by atoms with E-state index in [0.717, 1.165) is 31.0 Å². The molecule has 0 atom stereocenters. The van der Waals surface area contributed by atoms with Gasteiger partial charge in [0, 0.05) is 12.5 Å². The molecule has 0 saturated heterocycles. The minimum absolute atomic E-state index is 0.445. The van der Waals surface area contributed by atoms with Crippen LogP contribution in [0.4, 0.5) is 0 Å². The van der Waals surface area contributed by atoms with Gasteiger partial charge in [-0.2, -0.15) is 0 Å². The van der Waals surface area contributed by atoms with E-state index in [9.17, 15) is 0 Å². The zero-order valence-corrected chi connectivity index (χ0v) is 9.88. The highest BCUT2D eigenvalue weighted by Crippen LogP contribution is 2.22. The topological polar surface area (TPSA) is 30.7 Å². The summed E-state index contributed by atoms with van der Waals surface area (Å²) in [6, 6.07) is 0. The van der Waals surface area contributed by atoms with Gasteiger partial charge >= 0.3 is 0 Å². The third kappa shape index (κ3) is 2.08. The van der Waals surface area contributed by atoms with Crippen LogP contribution in [0.5, 0.6) is 0 Å². The number of rotatable bonds is 5. The van der Waals surface area contributed by atoms with Gasteiger partial charge in [0.15, 0.2) is 0 Å². The van der Waals surface area contributed by atoms with Crippen molar-refractivity contribution in [3.63, 3.8) is 0 Å². The molecule has 0 aromatic carbocycles. The van der Waals surface area contributed by atoms with E-state index in [2.05, 4.69) is 35.5 Å². The predicted molar refractivity (Wildman–Crippen MR) is 58.6 cm³/mol. The molecule has 80 valence electrons. The summed E-state index contributed by atoms with van der Waals surface area (Å²) in [5.74, 6) is 2.93. The van der Waals surface area contributed by atoms with Crippen LogP contribution in [0.2, 0.25) is 0 Å². The van der Waals surface area contributed by atoms with Crippen molar-refractivity contribution in [2.24, 2.45) is 0 Å². The molecule has 0 unspecified atom stereocenters. The first kappa shape index (κ1) is 11.5. The lowest BCUT2D eigenvalue weighted by Crippen LogP contribution is -2.09. The van der Waals surface area contributed by atoms with Crippen LogP contribution in [-0.4, -0.2) is 14.8 Å². The maximum absolute atomic E-state index is 5.79. The van der Waals surface area contributed by atoms with Crippen molar-refractivity contribution in [2.45, 2.75) is 52.0 Å². The monoisotopic (exact) mass is 215 g/mol. The lowest BCUT2D eigenvalue weighted by molar-refractivity contribution is 0.552. The molecule has 0 amide bonds. The zero-order chi connectivity index (χ0) is 10.6. The van der Waals surface area contributed by atoms with Gasteiger partial charge < -0.3 is 4.57 Å². The van der Waals surface area contributed by atoms with Gasteiger partial charge in [-0.1, -0.05) is 13.8 Å². The smallest absolute Gasteiger partial charge is 0.147 e. The summed E-state index contributed by atoms with van der Waals surface area (Å²) in [5.41, 5.74) is 0. The molecule has 1 aromatic rings. The Balaban J connectivity index is 3.01. The molecule has 3 nitrogen and oxygen atoms in total. The molecule has 0 N–H and O–H groups in total. The minimum atomic E-state index is 0.445. The first-order valence-corrected chi connectivity index (χ1v) is 5.79. The number of hydrogen-bond acceptors (Lipinski definition) is 2. The molecule has 1 heterocycles. The third-order valence-electron chi connectivity index (χ3n) is 2.64. The Morgan fingerprint density at radius 1 is 1.21 bits per heavy atom. The van der Waals surface area contributed by atoms with Crippen LogP contribution >= 0.6 is 11.6 Å². The first-order chi connectivity index (χ1) is 6.78. The molecule has 0 saturated carbocycles. The van der Waals surface area contributed by atoms with E-state index in [4.69, 9.17) is 11.6 Å². The molecule has 0 spiro atoms. The number of alkyl halides is 1. The van der Waals surface area contributed by atoms with Crippen LogP contribution in [0.3, 0.4) is 0 Å². The Morgan fingerprint density at radius 2 is 1.86 bits per heavy atom. The van der Waals surface area contributed by atoms with Gasteiger partial charge in [-0.25, -0.2) is 0 Å². The van der Waals surface area contributed by atoms with Crippen LogP contribution in [0.15, 0.2) is 0 Å². The highest BCUT2D eigenvalue weighted by molar-refractivity contribution is 6.16. The fourth-order valence-corrected chi connectivity index (χ4v) is 1.95. The summed E-state index contributed by atoms with van der Waals surface area (Å²) in [5, 5.41) is 8.33. The molecule has 1 rings (SSSR count). The SMILES string of the molecule is CCC(CC)c1nnc(CCl)n1CC. The summed E-state index contributed by atoms with van der Waals surface area (Å²) >= 11 is 5.79. The Labute approximate surface area is 90.5 Å². The van der Waals surface area contributed by atoms with Gasteiger partial charge in [-0.3, -0.25) is 0 Å². The average molecular weight is 216 g/mol. The van der Waals surface area contributed by atoms with Crippen LogP contribution in [0.1, 0.15) is 51.2 Å². The molecule has 0 radical (unpaired) electrons. The van der Waals surface area contributed by atoms with Gasteiger partial charge in [0.05, 0.1) is 5.88 Å². The Morgan fingerprint density at radius 3 is 2.29 bits per heavy atom. The molecule has 0 aliphatic rings. The first-order valence-electron chi connectivity index (χ1n) is 5.26. The fraction of sp³-hybridized carbons (Fsp3) is 0.800. The third-order valence-corrected chi connectivity index (χ3v) is 2.88. The summed E-state index contributed by atoms with van der Waals surface area (Å²) in [4.78, 5) is 0. The quantitative estimate of drug-likeness (QED) is 0.708. The second-order valence-corrected chi connectivity index (χ2v) is 3.63. The molecule has 1 aromatic heterocycles. The van der Waals surface area contributed by atoms with Crippen LogP contribution < -0.4 is 0 Å². The number of nitrogens with zero attached hydrogens (tertiary/aromatic N) is 3. The van der Waals surface area contributed by atoms with E-state index >= 15 is 0 Å². The number of hydrogen-bond donors (Lipinski definition) is 0. The Kier molecular flexibility index (Phi) is 4.39. The van der Waals surface area contributed by atoms with E-state index in [1.54, 1.807) is 0 Å². The minimum Gasteiger partial charge on any atom is -0.314 e. The normalized spacial score (nSPS) is 11.2. The van der Waals surface area contributed by atoms with E-state index in [1.165, 1.54) is 0 Å². The molecular formula is C10H18ClN3. The second kappa shape index (κ2) is 5.35. The molecule has 4 heteroatoms. The maximum Gasteiger partial charge on any atom is 0.147 e. The summed E-state index contributed by atoms with van der Waals surface area (Å²) in [6.45, 7) is 7.37. The molecule has 14 heavy (non-hydrogen) atoms. The van der Waals surface area contributed by atoms with Gasteiger partial charge in [-0.05, 0) is 19.8 Å². The maximum atomic E-state index is 5.79. The van der Waals surface area contributed by atoms with Crippen molar-refractivity contribution in [1.29, 1.82) is 0 Å². The van der Waals surface area contributed by atoms with Crippen molar-refractivity contribution in [2.75, 3.05) is 0 Å². The van der Waals surface area contributed by atoms with Crippen LogP contribution in [0, 0.1) is 0 Å². The van der Waals surface area contributed by atoms with Crippen molar-refractivity contribution < 1.29 is 0 Å². The standard InChI is InChI=1S/C10H18ClN3/c1-4-8(5-2)10-13-12-9(7-11)14(10)6-3/h8H,4-7H2,1-3H3. The van der Waals surface area contributed by atoms with E-state index in [1.807, 2.05) is 0 Å². The molecular weight excluding hydrogens is 198 g/mol. The fourth-order valence-electron chi connectivity index (χ4n) is 1.75. The number of halogens is 1. The summed E-state index contributed by atoms with van der Waals surface area (Å²) in [6.07, 6.45) is 2.22. The summed E-state index contributed by atoms with van der Waals surface area (Å²) in [7, 11) is 0. The highest BCUT2D eigenvalue weighted by Gasteiger charge is 2.16. The van der Waals surface area contributed by atoms with Gasteiger partial charge in [0.2, 0.25) is 0 Å². The highest BCUT2D eigenvalue weighted by atomic mass is 35.5. The van der Waals surface area contributed by atoms with Crippen molar-refractivity contribution in [3.05, 3.63) is 11.6 Å². The second-order valence-electron chi connectivity index (χ2n) is 3.37. The number of aromatic nitrogens is 3. The molecule has 0 aliphatic carbocycles. The Hall–Kier alpha value is -0.570. The van der Waals surface area contributed by atoms with Crippen molar-refractivity contribution >= 4 is 11.6 Å². The molecule has 0 fully saturated rings. The van der Waals surface area contributed by atoms with E-state index in [-0.39, 0.29) is 0 Å². The molecule has 0 aliphatic heterocycles. The summed E-state index contributed by atoms with van der Waals surface area (Å²) < 4.78 is 2.13. The van der Waals surface area contributed by atoms with Crippen molar-refractivity contribution in [1.82, 2.24) is 14.8 Å². The van der Waals surface area contributed by atoms with E-state index < -0.39 is 0 Å². The van der Waals surface area contributed by atoms with Crippen molar-refractivity contribution in [3.8, 4) is 0 Å². The van der Waals surface area contributed by atoms with Gasteiger partial charge in [0.25, 0.3) is 0 Å². The van der Waals surface area contributed by atoms with Gasteiger partial charge in [0.1, 0.15) is 11.6 Å².